The Morgan fingerprint density at radius 3 is 2.36 bits per heavy atom. The maximum absolute atomic E-state index is 12.6. The Morgan fingerprint density at radius 1 is 1.20 bits per heavy atom. The summed E-state index contributed by atoms with van der Waals surface area (Å²) in [7, 11) is 3.60. The predicted molar refractivity (Wildman–Crippen MR) is 99.4 cm³/mol. The van der Waals surface area contributed by atoms with Gasteiger partial charge in [0, 0.05) is 27.2 Å². The van der Waals surface area contributed by atoms with Gasteiger partial charge in [0.05, 0.1) is 24.5 Å². The van der Waals surface area contributed by atoms with Crippen molar-refractivity contribution in [1.82, 2.24) is 15.5 Å². The number of carbonyl (C=O) groups is 2. The van der Waals surface area contributed by atoms with E-state index in [1.165, 1.54) is 0 Å². The summed E-state index contributed by atoms with van der Waals surface area (Å²) in [6.07, 6.45) is 4.08. The van der Waals surface area contributed by atoms with E-state index in [1.54, 1.807) is 19.0 Å². The smallest absolute Gasteiger partial charge is 0.307 e. The van der Waals surface area contributed by atoms with Crippen molar-refractivity contribution >= 4 is 17.8 Å². The number of rotatable bonds is 8. The summed E-state index contributed by atoms with van der Waals surface area (Å²) in [6, 6.07) is 0. The fourth-order valence-electron chi connectivity index (χ4n) is 3.14. The Hall–Kier alpha value is -1.79. The van der Waals surface area contributed by atoms with Gasteiger partial charge >= 0.3 is 5.97 Å². The number of nitrogens with one attached hydrogen (secondary N) is 2. The molecular weight excluding hydrogens is 320 g/mol. The molecule has 0 unspecified atom stereocenters. The van der Waals surface area contributed by atoms with Crippen molar-refractivity contribution in [3.8, 4) is 0 Å². The van der Waals surface area contributed by atoms with E-state index in [1.807, 2.05) is 20.8 Å². The number of hydrogen-bond donors (Lipinski definition) is 2. The summed E-state index contributed by atoms with van der Waals surface area (Å²) < 4.78 is 5.12. The molecule has 1 amide bonds. The van der Waals surface area contributed by atoms with Gasteiger partial charge in [-0.3, -0.25) is 14.6 Å². The first-order valence-corrected chi connectivity index (χ1v) is 9.24. The molecule has 1 rings (SSSR count). The molecule has 0 aliphatic heterocycles. The number of aliphatic imine (C=N–C) groups is 1. The molecule has 0 heterocycles. The van der Waals surface area contributed by atoms with Crippen molar-refractivity contribution in [2.24, 2.45) is 10.4 Å². The second-order valence-electron chi connectivity index (χ2n) is 7.10. The van der Waals surface area contributed by atoms with E-state index < -0.39 is 0 Å². The predicted octanol–water partition coefficient (Wildman–Crippen LogP) is 1.53. The highest BCUT2D eigenvalue weighted by atomic mass is 16.5. The van der Waals surface area contributed by atoms with E-state index in [0.717, 1.165) is 32.2 Å². The van der Waals surface area contributed by atoms with Crippen LogP contribution in [0.25, 0.3) is 0 Å². The van der Waals surface area contributed by atoms with E-state index >= 15 is 0 Å². The number of carbonyl (C=O) groups excluding carboxylic acids is 2. The lowest BCUT2D eigenvalue weighted by Gasteiger charge is -2.29. The molecule has 7 heteroatoms. The summed E-state index contributed by atoms with van der Waals surface area (Å²) in [6.45, 7) is 7.29. The van der Waals surface area contributed by atoms with Crippen LogP contribution in [-0.4, -0.2) is 62.6 Å². The standard InChI is InChI=1S/C18H34N4O3/c1-6-19-17(20-12-9-15(23)25-14(2)3)21-13-18(10-7-8-11-18)16(24)22(4)5/h14H,6-13H2,1-5H3,(H2,19,20,21). The van der Waals surface area contributed by atoms with Crippen LogP contribution < -0.4 is 10.6 Å². The van der Waals surface area contributed by atoms with Crippen molar-refractivity contribution in [3.63, 3.8) is 0 Å². The number of guanidine groups is 1. The van der Waals surface area contributed by atoms with E-state index in [4.69, 9.17) is 4.74 Å². The molecular formula is C18H34N4O3. The van der Waals surface area contributed by atoms with Gasteiger partial charge < -0.3 is 20.3 Å². The van der Waals surface area contributed by atoms with Crippen molar-refractivity contribution < 1.29 is 14.3 Å². The summed E-state index contributed by atoms with van der Waals surface area (Å²) >= 11 is 0. The molecule has 0 aromatic rings. The van der Waals surface area contributed by atoms with E-state index in [0.29, 0.717) is 19.0 Å². The normalized spacial score (nSPS) is 16.6. The van der Waals surface area contributed by atoms with Crippen LogP contribution in [0.3, 0.4) is 0 Å². The van der Waals surface area contributed by atoms with Gasteiger partial charge in [0.1, 0.15) is 0 Å². The van der Waals surface area contributed by atoms with Crippen LogP contribution in [0.1, 0.15) is 52.9 Å². The topological polar surface area (TPSA) is 83.0 Å². The van der Waals surface area contributed by atoms with E-state index in [-0.39, 0.29) is 29.8 Å². The van der Waals surface area contributed by atoms with Crippen LogP contribution >= 0.6 is 0 Å². The van der Waals surface area contributed by atoms with Gasteiger partial charge in [0.2, 0.25) is 5.91 Å². The largest absolute Gasteiger partial charge is 0.463 e. The zero-order valence-corrected chi connectivity index (χ0v) is 16.4. The van der Waals surface area contributed by atoms with Crippen LogP contribution in [0.15, 0.2) is 4.99 Å². The van der Waals surface area contributed by atoms with Crippen LogP contribution in [-0.2, 0) is 14.3 Å². The first-order valence-electron chi connectivity index (χ1n) is 9.24. The lowest BCUT2D eigenvalue weighted by molar-refractivity contribution is -0.147. The monoisotopic (exact) mass is 354 g/mol. The van der Waals surface area contributed by atoms with Gasteiger partial charge in [-0.1, -0.05) is 12.8 Å². The average molecular weight is 354 g/mol. The second kappa shape index (κ2) is 10.3. The SMILES string of the molecule is CCNC(=NCC1(C(=O)N(C)C)CCCC1)NCCC(=O)OC(C)C. The molecule has 1 fully saturated rings. The lowest BCUT2D eigenvalue weighted by Crippen LogP contribution is -2.43. The van der Waals surface area contributed by atoms with Crippen molar-refractivity contribution in [2.75, 3.05) is 33.7 Å². The van der Waals surface area contributed by atoms with Crippen molar-refractivity contribution in [2.45, 2.75) is 59.0 Å². The Labute approximate surface area is 151 Å². The van der Waals surface area contributed by atoms with Gasteiger partial charge in [0.15, 0.2) is 5.96 Å². The van der Waals surface area contributed by atoms with Gasteiger partial charge in [-0.05, 0) is 33.6 Å². The van der Waals surface area contributed by atoms with Crippen molar-refractivity contribution in [1.29, 1.82) is 0 Å². The molecule has 1 saturated carbocycles. The number of nitrogens with zero attached hydrogens (tertiary/aromatic N) is 2. The summed E-state index contributed by atoms with van der Waals surface area (Å²) in [5, 5.41) is 6.32. The molecule has 0 spiro atoms. The Morgan fingerprint density at radius 2 is 1.84 bits per heavy atom. The van der Waals surface area contributed by atoms with Gasteiger partial charge in [-0.25, -0.2) is 0 Å². The third-order valence-corrected chi connectivity index (χ3v) is 4.29. The van der Waals surface area contributed by atoms with Crippen LogP contribution in [0.2, 0.25) is 0 Å². The molecule has 1 aliphatic carbocycles. The minimum atomic E-state index is -0.386. The Kier molecular flexibility index (Phi) is 8.72. The molecule has 0 radical (unpaired) electrons. The first-order chi connectivity index (χ1) is 11.8. The van der Waals surface area contributed by atoms with Crippen molar-refractivity contribution in [3.05, 3.63) is 0 Å². The quantitative estimate of drug-likeness (QED) is 0.392. The zero-order valence-electron chi connectivity index (χ0n) is 16.4. The van der Waals surface area contributed by atoms with Gasteiger partial charge in [-0.2, -0.15) is 0 Å². The summed E-state index contributed by atoms with van der Waals surface area (Å²) in [4.78, 5) is 30.5. The lowest BCUT2D eigenvalue weighted by atomic mass is 9.85. The van der Waals surface area contributed by atoms with Gasteiger partial charge in [0.25, 0.3) is 0 Å². The maximum atomic E-state index is 12.6. The molecule has 0 atom stereocenters. The molecule has 25 heavy (non-hydrogen) atoms. The first kappa shape index (κ1) is 21.3. The molecule has 0 aromatic carbocycles. The Bertz CT molecular complexity index is 469. The fraction of sp³-hybridized carbons (Fsp3) is 0.833. The number of hydrogen-bond acceptors (Lipinski definition) is 4. The van der Waals surface area contributed by atoms with Crippen LogP contribution in [0.4, 0.5) is 0 Å². The van der Waals surface area contributed by atoms with Crippen LogP contribution in [0, 0.1) is 5.41 Å². The minimum Gasteiger partial charge on any atom is -0.463 e. The number of ether oxygens (including phenoxy) is 1. The van der Waals surface area contributed by atoms with Gasteiger partial charge in [-0.15, -0.1) is 0 Å². The molecule has 2 N–H and O–H groups in total. The number of esters is 1. The molecule has 0 saturated heterocycles. The number of amides is 1. The van der Waals surface area contributed by atoms with E-state index in [9.17, 15) is 9.59 Å². The van der Waals surface area contributed by atoms with Crippen LogP contribution in [0.5, 0.6) is 0 Å². The molecule has 144 valence electrons. The summed E-state index contributed by atoms with van der Waals surface area (Å²) in [5.41, 5.74) is -0.386. The van der Waals surface area contributed by atoms with E-state index in [2.05, 4.69) is 15.6 Å². The molecule has 1 aliphatic rings. The third-order valence-electron chi connectivity index (χ3n) is 4.29. The second-order valence-corrected chi connectivity index (χ2v) is 7.10. The maximum Gasteiger partial charge on any atom is 0.307 e. The third kappa shape index (κ3) is 6.92. The highest BCUT2D eigenvalue weighted by Crippen LogP contribution is 2.39. The highest BCUT2D eigenvalue weighted by Gasteiger charge is 2.42. The Balaban J connectivity index is 2.64. The molecule has 7 nitrogen and oxygen atoms in total. The molecule has 0 bridgehead atoms. The fourth-order valence-corrected chi connectivity index (χ4v) is 3.14. The minimum absolute atomic E-state index is 0.103. The highest BCUT2D eigenvalue weighted by molar-refractivity contribution is 5.84. The molecule has 0 aromatic heterocycles. The summed E-state index contributed by atoms with van der Waals surface area (Å²) in [5.74, 6) is 0.566. The average Bonchev–Trinajstić information content (AvgIpc) is 3.01. The zero-order chi connectivity index (χ0) is 18.9.